The van der Waals surface area contributed by atoms with Gasteiger partial charge in [0.05, 0.1) is 6.54 Å². The Morgan fingerprint density at radius 2 is 1.79 bits per heavy atom. The molecule has 4 rings (SSSR count). The topological polar surface area (TPSA) is 48.5 Å². The molecule has 7 heteroatoms. The first-order chi connectivity index (χ1) is 13.8. The van der Waals surface area contributed by atoms with Crippen molar-refractivity contribution in [1.29, 1.82) is 0 Å². The molecule has 146 valence electrons. The van der Waals surface area contributed by atoms with E-state index < -0.39 is 0 Å². The van der Waals surface area contributed by atoms with Gasteiger partial charge in [0.15, 0.2) is 0 Å². The number of benzene rings is 1. The number of thiophene rings is 1. The summed E-state index contributed by atoms with van der Waals surface area (Å²) >= 11 is 3.38. The van der Waals surface area contributed by atoms with Gasteiger partial charge in [-0.3, -0.25) is 14.6 Å². The number of hydrogen-bond donors (Lipinski definition) is 1. The van der Waals surface area contributed by atoms with Crippen LogP contribution < -0.4 is 5.32 Å². The van der Waals surface area contributed by atoms with Crippen LogP contribution >= 0.6 is 22.7 Å². The third kappa shape index (κ3) is 5.05. The molecule has 1 aromatic carbocycles. The lowest BCUT2D eigenvalue weighted by Crippen LogP contribution is -2.49. The van der Waals surface area contributed by atoms with E-state index in [1.165, 1.54) is 4.88 Å². The SMILES string of the molecule is O=C(CN1CCN(Cc2cccs2)CC1)NC(c1ccccc1)c1nccs1. The number of carbonyl (C=O) groups excluding carboxylic acids is 1. The number of nitrogens with zero attached hydrogens (tertiary/aromatic N) is 3. The second kappa shape index (κ2) is 9.43. The summed E-state index contributed by atoms with van der Waals surface area (Å²) in [6.07, 6.45) is 1.79. The molecule has 5 nitrogen and oxygen atoms in total. The maximum atomic E-state index is 12.7. The zero-order valence-electron chi connectivity index (χ0n) is 15.7. The molecule has 28 heavy (non-hydrogen) atoms. The monoisotopic (exact) mass is 412 g/mol. The van der Waals surface area contributed by atoms with Crippen LogP contribution in [0.25, 0.3) is 0 Å². The van der Waals surface area contributed by atoms with Crippen LogP contribution in [0.3, 0.4) is 0 Å². The Morgan fingerprint density at radius 1 is 1.00 bits per heavy atom. The van der Waals surface area contributed by atoms with Crippen LogP contribution in [0, 0.1) is 0 Å². The van der Waals surface area contributed by atoms with E-state index in [2.05, 4.69) is 37.6 Å². The molecule has 0 radical (unpaired) electrons. The average molecular weight is 413 g/mol. The van der Waals surface area contributed by atoms with Gasteiger partial charge in [0.25, 0.3) is 0 Å². The van der Waals surface area contributed by atoms with Gasteiger partial charge in [0.2, 0.25) is 5.91 Å². The molecule has 0 aliphatic carbocycles. The van der Waals surface area contributed by atoms with Crippen molar-refractivity contribution in [2.24, 2.45) is 0 Å². The van der Waals surface area contributed by atoms with Crippen LogP contribution in [0.15, 0.2) is 59.4 Å². The molecule has 0 bridgehead atoms. The number of carbonyl (C=O) groups is 1. The van der Waals surface area contributed by atoms with E-state index in [-0.39, 0.29) is 11.9 Å². The summed E-state index contributed by atoms with van der Waals surface area (Å²) in [5, 5.41) is 8.18. The zero-order chi connectivity index (χ0) is 19.2. The van der Waals surface area contributed by atoms with Crippen LogP contribution in [0.1, 0.15) is 21.5 Å². The number of amides is 1. The van der Waals surface area contributed by atoms with Crippen LogP contribution in [-0.4, -0.2) is 53.4 Å². The van der Waals surface area contributed by atoms with E-state index in [0.717, 1.165) is 43.3 Å². The number of thiazole rings is 1. The largest absolute Gasteiger partial charge is 0.342 e. The summed E-state index contributed by atoms with van der Waals surface area (Å²) in [6, 6.07) is 14.2. The Morgan fingerprint density at radius 3 is 2.46 bits per heavy atom. The summed E-state index contributed by atoms with van der Waals surface area (Å²) in [4.78, 5) is 23.3. The summed E-state index contributed by atoms with van der Waals surface area (Å²) < 4.78 is 0. The molecule has 1 aliphatic heterocycles. The first kappa shape index (κ1) is 19.3. The summed E-state index contributed by atoms with van der Waals surface area (Å²) in [6.45, 7) is 5.29. The van der Waals surface area contributed by atoms with Gasteiger partial charge >= 0.3 is 0 Å². The Hall–Kier alpha value is -2.06. The van der Waals surface area contributed by atoms with Gasteiger partial charge in [-0.25, -0.2) is 4.98 Å². The second-order valence-electron chi connectivity index (χ2n) is 6.91. The molecule has 0 saturated carbocycles. The highest BCUT2D eigenvalue weighted by Crippen LogP contribution is 2.23. The fourth-order valence-electron chi connectivity index (χ4n) is 3.45. The summed E-state index contributed by atoms with van der Waals surface area (Å²) in [5.41, 5.74) is 1.06. The second-order valence-corrected chi connectivity index (χ2v) is 8.87. The van der Waals surface area contributed by atoms with E-state index in [0.29, 0.717) is 6.54 Å². The van der Waals surface area contributed by atoms with Gasteiger partial charge < -0.3 is 5.32 Å². The van der Waals surface area contributed by atoms with E-state index in [1.807, 2.05) is 47.0 Å². The Kier molecular flexibility index (Phi) is 6.49. The number of rotatable bonds is 7. The quantitative estimate of drug-likeness (QED) is 0.647. The number of hydrogen-bond acceptors (Lipinski definition) is 6. The molecule has 1 fully saturated rings. The van der Waals surface area contributed by atoms with E-state index >= 15 is 0 Å². The van der Waals surface area contributed by atoms with Crippen molar-refractivity contribution in [2.75, 3.05) is 32.7 Å². The average Bonchev–Trinajstić information content (AvgIpc) is 3.43. The van der Waals surface area contributed by atoms with Crippen molar-refractivity contribution in [3.63, 3.8) is 0 Å². The lowest BCUT2D eigenvalue weighted by molar-refractivity contribution is -0.123. The van der Waals surface area contributed by atoms with Crippen molar-refractivity contribution in [2.45, 2.75) is 12.6 Å². The molecule has 1 saturated heterocycles. The maximum Gasteiger partial charge on any atom is 0.235 e. The van der Waals surface area contributed by atoms with Gasteiger partial charge in [0.1, 0.15) is 11.0 Å². The highest BCUT2D eigenvalue weighted by atomic mass is 32.1. The fourth-order valence-corrected chi connectivity index (χ4v) is 4.91. The van der Waals surface area contributed by atoms with Crippen molar-refractivity contribution in [3.8, 4) is 0 Å². The van der Waals surface area contributed by atoms with Crippen LogP contribution in [0.2, 0.25) is 0 Å². The van der Waals surface area contributed by atoms with Gasteiger partial charge in [-0.1, -0.05) is 36.4 Å². The first-order valence-electron chi connectivity index (χ1n) is 9.49. The molecule has 1 unspecified atom stereocenters. The molecular weight excluding hydrogens is 388 g/mol. The highest BCUT2D eigenvalue weighted by Gasteiger charge is 2.23. The zero-order valence-corrected chi connectivity index (χ0v) is 17.3. The van der Waals surface area contributed by atoms with Crippen molar-refractivity contribution in [3.05, 3.63) is 74.9 Å². The minimum Gasteiger partial charge on any atom is -0.342 e. The van der Waals surface area contributed by atoms with Gasteiger partial charge in [-0.15, -0.1) is 22.7 Å². The molecule has 0 spiro atoms. The fraction of sp³-hybridized carbons (Fsp3) is 0.333. The maximum absolute atomic E-state index is 12.7. The van der Waals surface area contributed by atoms with E-state index in [1.54, 1.807) is 17.5 Å². The van der Waals surface area contributed by atoms with E-state index in [4.69, 9.17) is 0 Å². The predicted octanol–water partition coefficient (Wildman–Crippen LogP) is 3.23. The molecule has 1 amide bonds. The highest BCUT2D eigenvalue weighted by molar-refractivity contribution is 7.10. The van der Waals surface area contributed by atoms with Crippen LogP contribution in [0.4, 0.5) is 0 Å². The van der Waals surface area contributed by atoms with Crippen molar-refractivity contribution in [1.82, 2.24) is 20.1 Å². The molecule has 3 aromatic rings. The number of piperazine rings is 1. The minimum absolute atomic E-state index is 0.0516. The molecule has 3 heterocycles. The predicted molar refractivity (Wildman–Crippen MR) is 115 cm³/mol. The van der Waals surface area contributed by atoms with Crippen LogP contribution in [0.5, 0.6) is 0 Å². The third-order valence-electron chi connectivity index (χ3n) is 4.93. The van der Waals surface area contributed by atoms with Crippen molar-refractivity contribution >= 4 is 28.6 Å². The normalized spacial score (nSPS) is 16.7. The van der Waals surface area contributed by atoms with Gasteiger partial charge in [0, 0.05) is 49.2 Å². The Labute approximate surface area is 173 Å². The summed E-state index contributed by atoms with van der Waals surface area (Å²) in [7, 11) is 0. The molecule has 1 aliphatic rings. The first-order valence-corrected chi connectivity index (χ1v) is 11.2. The summed E-state index contributed by atoms with van der Waals surface area (Å²) in [5.74, 6) is 0.0516. The molecule has 1 atom stereocenters. The Bertz CT molecular complexity index is 844. The molecular formula is C21H24N4OS2. The Balaban J connectivity index is 1.31. The van der Waals surface area contributed by atoms with E-state index in [9.17, 15) is 4.79 Å². The number of aromatic nitrogens is 1. The standard InChI is InChI=1S/C21H24N4OS2/c26-19(16-25-11-9-24(10-12-25)15-18-7-4-13-27-18)23-20(21-22-8-14-28-21)17-5-2-1-3-6-17/h1-8,13-14,20H,9-12,15-16H2,(H,23,26). The van der Waals surface area contributed by atoms with Gasteiger partial charge in [-0.05, 0) is 17.0 Å². The molecule has 2 aromatic heterocycles. The van der Waals surface area contributed by atoms with Gasteiger partial charge in [-0.2, -0.15) is 0 Å². The van der Waals surface area contributed by atoms with Crippen molar-refractivity contribution < 1.29 is 4.79 Å². The minimum atomic E-state index is -0.186. The lowest BCUT2D eigenvalue weighted by atomic mass is 10.1. The smallest absolute Gasteiger partial charge is 0.235 e. The molecule has 1 N–H and O–H groups in total. The van der Waals surface area contributed by atoms with Crippen LogP contribution in [-0.2, 0) is 11.3 Å². The lowest BCUT2D eigenvalue weighted by Gasteiger charge is -2.34. The third-order valence-corrected chi connectivity index (χ3v) is 6.63. The number of nitrogens with one attached hydrogen (secondary N) is 1.